The molecule has 9 nitrogen and oxygen atoms in total. The number of hydrogen-bond donors (Lipinski definition) is 1. The number of nitrogens with zero attached hydrogens (tertiary/aromatic N) is 4. The van der Waals surface area contributed by atoms with Crippen LogP contribution in [0.25, 0.3) is 0 Å². The summed E-state index contributed by atoms with van der Waals surface area (Å²) in [5, 5.41) is 2.74. The first-order valence-corrected chi connectivity index (χ1v) is 14.1. The van der Waals surface area contributed by atoms with Crippen molar-refractivity contribution in [1.29, 1.82) is 0 Å². The van der Waals surface area contributed by atoms with E-state index in [4.69, 9.17) is 0 Å². The number of aliphatic imine (C=N–C) groups is 2. The zero-order valence-electron chi connectivity index (χ0n) is 21.5. The topological polar surface area (TPSA) is 112 Å². The Hall–Kier alpha value is -4.00. The number of amides is 2. The molecule has 1 unspecified atom stereocenters. The summed E-state index contributed by atoms with van der Waals surface area (Å²) in [6.07, 6.45) is -1.64. The minimum atomic E-state index is -5.00. The van der Waals surface area contributed by atoms with Crippen molar-refractivity contribution in [2.45, 2.75) is 50.1 Å². The molecule has 0 bridgehead atoms. The first-order chi connectivity index (χ1) is 19.0. The number of rotatable bonds is 5. The number of sulfonamides is 1. The molecule has 2 amide bonds. The van der Waals surface area contributed by atoms with Crippen LogP contribution in [-0.4, -0.2) is 66.9 Å². The molecule has 0 radical (unpaired) electrons. The number of carbonyl (C=O) groups is 2. The fourth-order valence-electron chi connectivity index (χ4n) is 4.77. The highest BCUT2D eigenvalue weighted by Gasteiger charge is 2.43. The van der Waals surface area contributed by atoms with Gasteiger partial charge in [0.1, 0.15) is 0 Å². The third kappa shape index (κ3) is 5.51. The van der Waals surface area contributed by atoms with E-state index in [1.54, 1.807) is 18.2 Å². The molecule has 3 aliphatic rings. The zero-order chi connectivity index (χ0) is 28.7. The second-order valence-corrected chi connectivity index (χ2v) is 11.5. The van der Waals surface area contributed by atoms with Gasteiger partial charge in [-0.15, -0.1) is 0 Å². The third-order valence-corrected chi connectivity index (χ3v) is 8.78. The number of fused-ring (bicyclic) bond motifs is 2. The summed E-state index contributed by atoms with van der Waals surface area (Å²) in [4.78, 5) is 33.6. The minimum absolute atomic E-state index is 0.0768. The number of halogens is 3. The van der Waals surface area contributed by atoms with Gasteiger partial charge in [-0.1, -0.05) is 25.1 Å². The van der Waals surface area contributed by atoms with Gasteiger partial charge >= 0.3 is 12.1 Å². The SMILES string of the molecule is CCc1ccc(C(=O)NC2N=CC3=CN(S(=O)(=O)c4ccc5c(c4)CN(C(=O)C(F)(F)F)CC5)CCC3=N2)cc1. The summed E-state index contributed by atoms with van der Waals surface area (Å²) >= 11 is 0. The Morgan fingerprint density at radius 3 is 2.50 bits per heavy atom. The number of benzene rings is 2. The highest BCUT2D eigenvalue weighted by Crippen LogP contribution is 2.29. The van der Waals surface area contributed by atoms with Crippen LogP contribution in [0.2, 0.25) is 0 Å². The molecule has 1 N–H and O–H groups in total. The van der Waals surface area contributed by atoms with Crippen molar-refractivity contribution in [1.82, 2.24) is 14.5 Å². The molecular weight excluding hydrogens is 547 g/mol. The van der Waals surface area contributed by atoms with Gasteiger partial charge in [0.05, 0.1) is 10.6 Å². The van der Waals surface area contributed by atoms with Crippen molar-refractivity contribution in [3.05, 3.63) is 76.5 Å². The lowest BCUT2D eigenvalue weighted by Crippen LogP contribution is -2.43. The van der Waals surface area contributed by atoms with E-state index in [2.05, 4.69) is 15.3 Å². The van der Waals surface area contributed by atoms with E-state index in [9.17, 15) is 31.2 Å². The molecule has 40 heavy (non-hydrogen) atoms. The third-order valence-electron chi connectivity index (χ3n) is 7.03. The lowest BCUT2D eigenvalue weighted by atomic mass is 10.00. The van der Waals surface area contributed by atoms with Crippen molar-refractivity contribution in [2.24, 2.45) is 9.98 Å². The Morgan fingerprint density at radius 1 is 1.05 bits per heavy atom. The summed E-state index contributed by atoms with van der Waals surface area (Å²) in [6, 6.07) is 11.5. The molecule has 210 valence electrons. The van der Waals surface area contributed by atoms with Gasteiger partial charge in [-0.05, 0) is 53.8 Å². The summed E-state index contributed by atoms with van der Waals surface area (Å²) in [5.74, 6) is -2.27. The van der Waals surface area contributed by atoms with E-state index in [0.29, 0.717) is 32.9 Å². The summed E-state index contributed by atoms with van der Waals surface area (Å²) < 4.78 is 66.7. The molecule has 3 aliphatic heterocycles. The average molecular weight is 574 g/mol. The van der Waals surface area contributed by atoms with E-state index < -0.39 is 28.4 Å². The Labute approximate surface area is 229 Å². The molecule has 13 heteroatoms. The van der Waals surface area contributed by atoms with Crippen LogP contribution in [0.15, 0.2) is 69.1 Å². The van der Waals surface area contributed by atoms with Crippen molar-refractivity contribution < 1.29 is 31.2 Å². The zero-order valence-corrected chi connectivity index (χ0v) is 22.3. The molecule has 0 fully saturated rings. The molecule has 0 saturated heterocycles. The van der Waals surface area contributed by atoms with Crippen LogP contribution >= 0.6 is 0 Å². The van der Waals surface area contributed by atoms with Crippen LogP contribution in [0.3, 0.4) is 0 Å². The number of hydrogen-bond acceptors (Lipinski definition) is 6. The number of nitrogens with one attached hydrogen (secondary N) is 1. The van der Waals surface area contributed by atoms with Crippen molar-refractivity contribution in [3.8, 4) is 0 Å². The first kappa shape index (κ1) is 27.6. The lowest BCUT2D eigenvalue weighted by Gasteiger charge is -2.31. The fourth-order valence-corrected chi connectivity index (χ4v) is 6.15. The van der Waals surface area contributed by atoms with Crippen molar-refractivity contribution in [3.63, 3.8) is 0 Å². The average Bonchev–Trinajstić information content (AvgIpc) is 2.95. The van der Waals surface area contributed by atoms with Crippen LogP contribution < -0.4 is 5.32 Å². The number of aryl methyl sites for hydroxylation is 1. The molecule has 2 aromatic carbocycles. The second-order valence-electron chi connectivity index (χ2n) is 9.61. The standard InChI is InChI=1S/C27H26F3N5O4S/c1-2-17-3-5-19(6-4-17)24(36)33-26-31-14-21-16-35(12-10-23(21)32-26)40(38,39)22-8-7-18-9-11-34(15-20(18)13-22)25(37)27(28,29)30/h3-8,13-14,16,26H,2,9-12,15H2,1H3,(H,33,36). The fraction of sp³-hybridized carbons (Fsp3) is 0.333. The van der Waals surface area contributed by atoms with E-state index in [-0.39, 0.29) is 43.3 Å². The van der Waals surface area contributed by atoms with Gasteiger partial charge in [-0.2, -0.15) is 13.2 Å². The summed E-state index contributed by atoms with van der Waals surface area (Å²) in [5.41, 5.74) is 3.72. The molecule has 2 aromatic rings. The molecular formula is C27H26F3N5O4S. The van der Waals surface area contributed by atoms with Gasteiger partial charge in [-0.3, -0.25) is 13.9 Å². The summed E-state index contributed by atoms with van der Waals surface area (Å²) in [6.45, 7) is 1.68. The largest absolute Gasteiger partial charge is 0.471 e. The van der Waals surface area contributed by atoms with E-state index in [1.165, 1.54) is 24.5 Å². The molecule has 0 aliphatic carbocycles. The first-order valence-electron chi connectivity index (χ1n) is 12.7. The predicted molar refractivity (Wildman–Crippen MR) is 141 cm³/mol. The van der Waals surface area contributed by atoms with Crippen LogP contribution in [-0.2, 0) is 34.2 Å². The Morgan fingerprint density at radius 2 is 1.80 bits per heavy atom. The highest BCUT2D eigenvalue weighted by atomic mass is 32.2. The van der Waals surface area contributed by atoms with Crippen molar-refractivity contribution in [2.75, 3.05) is 13.1 Å². The van der Waals surface area contributed by atoms with E-state index >= 15 is 0 Å². The molecule has 1 atom stereocenters. The summed E-state index contributed by atoms with van der Waals surface area (Å²) in [7, 11) is -4.04. The number of alkyl halides is 3. The maximum absolute atomic E-state index is 13.4. The van der Waals surface area contributed by atoms with Gasteiger partial charge in [0, 0.05) is 49.6 Å². The maximum atomic E-state index is 13.4. The minimum Gasteiger partial charge on any atom is -0.330 e. The smallest absolute Gasteiger partial charge is 0.330 e. The normalized spacial score (nSPS) is 18.9. The number of carbonyl (C=O) groups excluding carboxylic acids is 2. The predicted octanol–water partition coefficient (Wildman–Crippen LogP) is 3.21. The van der Waals surface area contributed by atoms with Gasteiger partial charge in [0.25, 0.3) is 15.9 Å². The lowest BCUT2D eigenvalue weighted by molar-refractivity contribution is -0.186. The van der Waals surface area contributed by atoms with Gasteiger partial charge in [-0.25, -0.2) is 18.4 Å². The van der Waals surface area contributed by atoms with Crippen LogP contribution in [0.1, 0.15) is 40.4 Å². The highest BCUT2D eigenvalue weighted by molar-refractivity contribution is 7.89. The van der Waals surface area contributed by atoms with E-state index in [0.717, 1.165) is 16.3 Å². The monoisotopic (exact) mass is 573 g/mol. The molecule has 0 saturated carbocycles. The molecule has 3 heterocycles. The quantitative estimate of drug-likeness (QED) is 0.592. The molecule has 0 spiro atoms. The van der Waals surface area contributed by atoms with Gasteiger partial charge in [0.2, 0.25) is 6.29 Å². The van der Waals surface area contributed by atoms with Crippen molar-refractivity contribution >= 4 is 33.8 Å². The number of allylic oxidation sites excluding steroid dienone is 1. The second kappa shape index (κ2) is 10.5. The molecule has 5 rings (SSSR count). The van der Waals surface area contributed by atoms with Gasteiger partial charge < -0.3 is 10.2 Å². The Bertz CT molecular complexity index is 1550. The van der Waals surface area contributed by atoms with Crippen LogP contribution in [0.5, 0.6) is 0 Å². The molecule has 0 aromatic heterocycles. The van der Waals surface area contributed by atoms with E-state index in [1.807, 2.05) is 19.1 Å². The maximum Gasteiger partial charge on any atom is 0.471 e. The van der Waals surface area contributed by atoms with Crippen LogP contribution in [0, 0.1) is 0 Å². The Kier molecular flexibility index (Phi) is 7.25. The van der Waals surface area contributed by atoms with Gasteiger partial charge in [0.15, 0.2) is 0 Å². The Balaban J connectivity index is 1.29. The van der Waals surface area contributed by atoms with Crippen LogP contribution in [0.4, 0.5) is 13.2 Å².